The van der Waals surface area contributed by atoms with Crippen LogP contribution in [0.4, 0.5) is 0 Å². The van der Waals surface area contributed by atoms with Crippen LogP contribution in [0.25, 0.3) is 0 Å². The summed E-state index contributed by atoms with van der Waals surface area (Å²) in [6.45, 7) is 11.0. The van der Waals surface area contributed by atoms with E-state index in [1.165, 1.54) is 36.9 Å². The van der Waals surface area contributed by atoms with Crippen molar-refractivity contribution in [3.8, 4) is 0 Å². The first kappa shape index (κ1) is 15.5. The molecule has 1 fully saturated rings. The van der Waals surface area contributed by atoms with Gasteiger partial charge in [0.1, 0.15) is 0 Å². The maximum absolute atomic E-state index is 6.08. The molecule has 20 heavy (non-hydrogen) atoms. The fourth-order valence-corrected chi connectivity index (χ4v) is 3.38. The molecule has 1 saturated heterocycles. The van der Waals surface area contributed by atoms with Crippen LogP contribution in [0.1, 0.15) is 64.1 Å². The number of hydrogen-bond acceptors (Lipinski definition) is 2. The molecule has 2 rings (SSSR count). The van der Waals surface area contributed by atoms with Crippen LogP contribution >= 0.6 is 0 Å². The lowest BCUT2D eigenvalue weighted by atomic mass is 9.86. The molecule has 0 spiro atoms. The molecule has 0 saturated carbocycles. The van der Waals surface area contributed by atoms with Crippen molar-refractivity contribution in [2.45, 2.75) is 64.5 Å². The molecular weight excluding hydrogens is 244 g/mol. The molecule has 1 aliphatic rings. The van der Waals surface area contributed by atoms with Gasteiger partial charge in [-0.2, -0.15) is 0 Å². The monoisotopic (exact) mass is 274 g/mol. The van der Waals surface area contributed by atoms with E-state index in [0.29, 0.717) is 18.6 Å². The summed E-state index contributed by atoms with van der Waals surface area (Å²) in [6, 6.07) is 10.2. The van der Waals surface area contributed by atoms with Crippen molar-refractivity contribution >= 4 is 0 Å². The van der Waals surface area contributed by atoms with E-state index in [1.54, 1.807) is 0 Å². The highest BCUT2D eigenvalue weighted by molar-refractivity contribution is 5.29. The fraction of sp³-hybridized carbons (Fsp3) is 0.667. The van der Waals surface area contributed by atoms with Crippen molar-refractivity contribution in [2.24, 2.45) is 5.73 Å². The van der Waals surface area contributed by atoms with Gasteiger partial charge in [-0.05, 0) is 42.3 Å². The molecule has 1 aromatic carbocycles. The number of nitrogens with zero attached hydrogens (tertiary/aromatic N) is 1. The molecule has 0 radical (unpaired) electrons. The minimum atomic E-state index is 0.219. The molecule has 1 aromatic rings. The van der Waals surface area contributed by atoms with Gasteiger partial charge in [0, 0.05) is 18.6 Å². The zero-order chi connectivity index (χ0) is 14.8. The first-order valence-corrected chi connectivity index (χ1v) is 8.03. The Labute approximate surface area is 124 Å². The van der Waals surface area contributed by atoms with Crippen molar-refractivity contribution in [3.63, 3.8) is 0 Å². The van der Waals surface area contributed by atoms with Crippen LogP contribution in [0.3, 0.4) is 0 Å². The summed E-state index contributed by atoms with van der Waals surface area (Å²) in [4.78, 5) is 2.62. The van der Waals surface area contributed by atoms with Gasteiger partial charge >= 0.3 is 0 Å². The Morgan fingerprint density at radius 3 is 2.40 bits per heavy atom. The molecule has 2 heteroatoms. The van der Waals surface area contributed by atoms with Crippen molar-refractivity contribution < 1.29 is 0 Å². The van der Waals surface area contributed by atoms with E-state index in [4.69, 9.17) is 5.73 Å². The SMILES string of the molecule is CCC1CCCN1C(CN)c1ccc(C(C)(C)C)cc1. The number of benzene rings is 1. The third-order valence-corrected chi connectivity index (χ3v) is 4.68. The van der Waals surface area contributed by atoms with Crippen LogP contribution in [0.2, 0.25) is 0 Å². The van der Waals surface area contributed by atoms with Gasteiger partial charge < -0.3 is 5.73 Å². The zero-order valence-corrected chi connectivity index (χ0v) is 13.5. The predicted octanol–water partition coefficient (Wildman–Crippen LogP) is 3.86. The Balaban J connectivity index is 2.19. The fourth-order valence-electron chi connectivity index (χ4n) is 3.38. The highest BCUT2D eigenvalue weighted by atomic mass is 15.2. The highest BCUT2D eigenvalue weighted by Gasteiger charge is 2.29. The molecule has 112 valence electrons. The van der Waals surface area contributed by atoms with E-state index in [9.17, 15) is 0 Å². The van der Waals surface area contributed by atoms with Crippen molar-refractivity contribution in [1.82, 2.24) is 4.90 Å². The maximum Gasteiger partial charge on any atom is 0.0473 e. The van der Waals surface area contributed by atoms with Crippen molar-refractivity contribution in [2.75, 3.05) is 13.1 Å². The summed E-state index contributed by atoms with van der Waals surface area (Å²) in [7, 11) is 0. The van der Waals surface area contributed by atoms with Gasteiger partial charge in [-0.1, -0.05) is 52.0 Å². The highest BCUT2D eigenvalue weighted by Crippen LogP contribution is 2.31. The summed E-state index contributed by atoms with van der Waals surface area (Å²) >= 11 is 0. The average Bonchev–Trinajstić information content (AvgIpc) is 2.87. The first-order valence-electron chi connectivity index (χ1n) is 8.03. The second-order valence-corrected chi connectivity index (χ2v) is 7.07. The van der Waals surface area contributed by atoms with E-state index in [1.807, 2.05) is 0 Å². The number of hydrogen-bond donors (Lipinski definition) is 1. The van der Waals surface area contributed by atoms with Gasteiger partial charge in [0.2, 0.25) is 0 Å². The second-order valence-electron chi connectivity index (χ2n) is 7.07. The second kappa shape index (κ2) is 6.28. The molecule has 0 amide bonds. The Morgan fingerprint density at radius 2 is 1.90 bits per heavy atom. The Kier molecular flexibility index (Phi) is 4.87. The average molecular weight is 274 g/mol. The lowest BCUT2D eigenvalue weighted by molar-refractivity contribution is 0.180. The van der Waals surface area contributed by atoms with Gasteiger partial charge in [0.05, 0.1) is 0 Å². The zero-order valence-electron chi connectivity index (χ0n) is 13.5. The minimum Gasteiger partial charge on any atom is -0.329 e. The van der Waals surface area contributed by atoms with Crippen molar-refractivity contribution in [3.05, 3.63) is 35.4 Å². The summed E-state index contributed by atoms with van der Waals surface area (Å²) < 4.78 is 0. The van der Waals surface area contributed by atoms with Crippen molar-refractivity contribution in [1.29, 1.82) is 0 Å². The predicted molar refractivity (Wildman–Crippen MR) is 87.0 cm³/mol. The third-order valence-electron chi connectivity index (χ3n) is 4.68. The van der Waals surface area contributed by atoms with E-state index in [0.717, 1.165) is 0 Å². The lowest BCUT2D eigenvalue weighted by Gasteiger charge is -2.32. The Hall–Kier alpha value is -0.860. The molecular formula is C18H30N2. The topological polar surface area (TPSA) is 29.3 Å². The summed E-state index contributed by atoms with van der Waals surface area (Å²) in [6.07, 6.45) is 3.87. The first-order chi connectivity index (χ1) is 9.47. The summed E-state index contributed by atoms with van der Waals surface area (Å²) in [5.74, 6) is 0. The molecule has 1 heterocycles. The standard InChI is InChI=1S/C18H30N2/c1-5-16-7-6-12-20(16)17(13-19)14-8-10-15(11-9-14)18(2,3)4/h8-11,16-17H,5-7,12-13,19H2,1-4H3. The maximum atomic E-state index is 6.08. The van der Waals surface area contributed by atoms with Crippen LogP contribution < -0.4 is 5.73 Å². The van der Waals surface area contributed by atoms with Crippen LogP contribution in [0.15, 0.2) is 24.3 Å². The van der Waals surface area contributed by atoms with Gasteiger partial charge in [-0.15, -0.1) is 0 Å². The minimum absolute atomic E-state index is 0.219. The summed E-state index contributed by atoms with van der Waals surface area (Å²) in [5, 5.41) is 0. The van der Waals surface area contributed by atoms with Gasteiger partial charge in [-0.25, -0.2) is 0 Å². The van der Waals surface area contributed by atoms with Crippen LogP contribution in [0.5, 0.6) is 0 Å². The molecule has 0 aliphatic carbocycles. The molecule has 2 unspecified atom stereocenters. The molecule has 2 N–H and O–H groups in total. The van der Waals surface area contributed by atoms with Gasteiger partial charge in [0.25, 0.3) is 0 Å². The quantitative estimate of drug-likeness (QED) is 0.903. The Bertz CT molecular complexity index is 416. The van der Waals surface area contributed by atoms with E-state index >= 15 is 0 Å². The summed E-state index contributed by atoms with van der Waals surface area (Å²) in [5.41, 5.74) is 9.07. The lowest BCUT2D eigenvalue weighted by Crippen LogP contribution is -2.37. The Morgan fingerprint density at radius 1 is 1.25 bits per heavy atom. The molecule has 0 aromatic heterocycles. The molecule has 0 bridgehead atoms. The number of likely N-dealkylation sites (tertiary alicyclic amines) is 1. The van der Waals surface area contributed by atoms with E-state index in [-0.39, 0.29) is 5.41 Å². The van der Waals surface area contributed by atoms with E-state index < -0.39 is 0 Å². The van der Waals surface area contributed by atoms with Crippen LogP contribution in [-0.4, -0.2) is 24.0 Å². The largest absolute Gasteiger partial charge is 0.329 e. The number of rotatable bonds is 4. The van der Waals surface area contributed by atoms with Crippen LogP contribution in [-0.2, 0) is 5.41 Å². The smallest absolute Gasteiger partial charge is 0.0473 e. The molecule has 1 aliphatic heterocycles. The van der Waals surface area contributed by atoms with Gasteiger partial charge in [-0.3, -0.25) is 4.90 Å². The number of nitrogens with two attached hydrogens (primary N) is 1. The normalized spacial score (nSPS) is 22.1. The van der Waals surface area contributed by atoms with Crippen LogP contribution in [0, 0.1) is 0 Å². The molecule has 2 nitrogen and oxygen atoms in total. The van der Waals surface area contributed by atoms with Gasteiger partial charge in [0.15, 0.2) is 0 Å². The van der Waals surface area contributed by atoms with E-state index in [2.05, 4.69) is 56.9 Å². The third kappa shape index (κ3) is 3.24. The molecule has 2 atom stereocenters.